The quantitative estimate of drug-likeness (QED) is 0.445. The Hall–Kier alpha value is -2.01. The van der Waals surface area contributed by atoms with Gasteiger partial charge in [0, 0.05) is 36.9 Å². The number of benzene rings is 2. The number of hydrogen-bond donors (Lipinski definition) is 0. The molecule has 35 heavy (non-hydrogen) atoms. The smallest absolute Gasteiger partial charge is 0.244 e. The van der Waals surface area contributed by atoms with Crippen LogP contribution in [0.25, 0.3) is 0 Å². The molecule has 2 atom stereocenters. The lowest BCUT2D eigenvalue weighted by Gasteiger charge is -2.36. The summed E-state index contributed by atoms with van der Waals surface area (Å²) in [5.41, 5.74) is 1.63. The second-order valence-corrected chi connectivity index (χ2v) is 12.3. The molecule has 0 radical (unpaired) electrons. The number of carbonyl (C=O) groups is 1. The fourth-order valence-corrected chi connectivity index (χ4v) is 7.09. The zero-order valence-electron chi connectivity index (χ0n) is 18.6. The highest BCUT2D eigenvalue weighted by atomic mass is 35.5. The predicted octanol–water partition coefficient (Wildman–Crippen LogP) is 4.60. The van der Waals surface area contributed by atoms with E-state index in [0.717, 1.165) is 5.56 Å². The molecule has 1 aromatic heterocycles. The van der Waals surface area contributed by atoms with Gasteiger partial charge in [-0.1, -0.05) is 29.3 Å². The number of halogens is 2. The molecule has 2 fully saturated rings. The molecule has 0 bridgehead atoms. The molecule has 2 aliphatic rings. The highest BCUT2D eigenvalue weighted by molar-refractivity contribution is 7.90. The Morgan fingerprint density at radius 3 is 2.60 bits per heavy atom. The number of carbonyl (C=O) groups excluding carboxylic acids is 1. The molecule has 0 saturated carbocycles. The van der Waals surface area contributed by atoms with Gasteiger partial charge >= 0.3 is 0 Å². The second-order valence-electron chi connectivity index (χ2n) is 8.50. The molecular formula is C24H23Cl2N3O4S2. The maximum absolute atomic E-state index is 13.3. The maximum atomic E-state index is 13.3. The van der Waals surface area contributed by atoms with E-state index in [0.29, 0.717) is 53.4 Å². The van der Waals surface area contributed by atoms with Crippen LogP contribution in [0.5, 0.6) is 0 Å². The Kier molecular flexibility index (Phi) is 7.16. The van der Waals surface area contributed by atoms with E-state index in [2.05, 4.69) is 9.88 Å². The van der Waals surface area contributed by atoms with E-state index in [-0.39, 0.29) is 28.7 Å². The summed E-state index contributed by atoms with van der Waals surface area (Å²) in [5.74, 6) is -0.121. The third-order valence-corrected chi connectivity index (χ3v) is 9.68. The lowest BCUT2D eigenvalue weighted by Crippen LogP contribution is -2.48. The number of morpholine rings is 1. The van der Waals surface area contributed by atoms with Gasteiger partial charge in [-0.25, -0.2) is 13.4 Å². The summed E-state index contributed by atoms with van der Waals surface area (Å²) in [6, 6.07) is 11.7. The van der Waals surface area contributed by atoms with Crippen molar-refractivity contribution in [2.24, 2.45) is 0 Å². The van der Waals surface area contributed by atoms with Gasteiger partial charge in [0.2, 0.25) is 5.91 Å². The zero-order chi connectivity index (χ0) is 24.6. The topological polar surface area (TPSA) is 79.8 Å². The number of rotatable bonds is 6. The fraction of sp³-hybridized carbons (Fsp3) is 0.333. The van der Waals surface area contributed by atoms with Gasteiger partial charge in [-0.3, -0.25) is 9.69 Å². The fourth-order valence-electron chi connectivity index (χ4n) is 4.53. The molecule has 0 N–H and O–H groups in total. The van der Waals surface area contributed by atoms with E-state index >= 15 is 0 Å². The van der Waals surface area contributed by atoms with Gasteiger partial charge in [0.25, 0.3) is 0 Å². The van der Waals surface area contributed by atoms with Gasteiger partial charge in [-0.15, -0.1) is 11.3 Å². The Balaban J connectivity index is 1.26. The molecule has 2 aromatic carbocycles. The Morgan fingerprint density at radius 2 is 1.89 bits per heavy atom. The third-order valence-electron chi connectivity index (χ3n) is 6.34. The number of nitrogens with zero attached hydrogens (tertiary/aromatic N) is 3. The lowest BCUT2D eigenvalue weighted by atomic mass is 10.1. The van der Waals surface area contributed by atoms with Crippen LogP contribution in [0.4, 0.5) is 5.69 Å². The van der Waals surface area contributed by atoms with Crippen LogP contribution < -0.4 is 4.90 Å². The molecule has 11 heteroatoms. The first-order chi connectivity index (χ1) is 16.8. The predicted molar refractivity (Wildman–Crippen MR) is 137 cm³/mol. The summed E-state index contributed by atoms with van der Waals surface area (Å²) in [6.45, 7) is 2.33. The van der Waals surface area contributed by atoms with Crippen molar-refractivity contribution in [1.82, 2.24) is 9.88 Å². The molecule has 7 nitrogen and oxygen atoms in total. The van der Waals surface area contributed by atoms with Crippen molar-refractivity contribution in [3.05, 3.63) is 74.7 Å². The molecule has 1 amide bonds. The second kappa shape index (κ2) is 10.2. The average Bonchev–Trinajstić information content (AvgIpc) is 3.50. The highest BCUT2D eigenvalue weighted by Crippen LogP contribution is 2.32. The van der Waals surface area contributed by atoms with Crippen LogP contribution in [0.2, 0.25) is 10.0 Å². The van der Waals surface area contributed by atoms with Crippen molar-refractivity contribution < 1.29 is 17.9 Å². The summed E-state index contributed by atoms with van der Waals surface area (Å²) in [4.78, 5) is 21.5. The summed E-state index contributed by atoms with van der Waals surface area (Å²) < 4.78 is 31.3. The normalized spacial score (nSPS) is 21.5. The summed E-state index contributed by atoms with van der Waals surface area (Å²) >= 11 is 13.5. The largest absolute Gasteiger partial charge is 0.371 e. The SMILES string of the molecule is O=C1[C@@H](N2CCO[C@@H](c3ccc(Cl)c(Cl)c3)C2)CCN1c1ccc(S(=O)(=O)Cc2nccs2)cc1. The molecule has 184 valence electrons. The standard InChI is InChI=1S/C24H23Cl2N3O4S2/c25-19-6-1-16(13-20(19)26)22-14-28(10-11-33-22)21-7-9-29(24(21)30)17-2-4-18(5-3-17)35(31,32)15-23-27-8-12-34-23/h1-6,8,12-13,21-22H,7,9-11,14-15H2/t21-,22+/m0/s1. The molecule has 0 aliphatic carbocycles. The van der Waals surface area contributed by atoms with Crippen molar-refractivity contribution in [1.29, 1.82) is 0 Å². The van der Waals surface area contributed by atoms with Crippen molar-refractivity contribution in [3.8, 4) is 0 Å². The number of amides is 1. The van der Waals surface area contributed by atoms with Crippen LogP contribution >= 0.6 is 34.5 Å². The van der Waals surface area contributed by atoms with Crippen molar-refractivity contribution in [3.63, 3.8) is 0 Å². The molecule has 2 saturated heterocycles. The van der Waals surface area contributed by atoms with Crippen LogP contribution in [0, 0.1) is 0 Å². The lowest BCUT2D eigenvalue weighted by molar-refractivity contribution is -0.125. The minimum absolute atomic E-state index is 0.0122. The molecule has 3 heterocycles. The molecular weight excluding hydrogens is 529 g/mol. The molecule has 5 rings (SSSR count). The van der Waals surface area contributed by atoms with Crippen LogP contribution in [-0.4, -0.2) is 56.5 Å². The number of anilines is 1. The number of ether oxygens (including phenoxy) is 1. The van der Waals surface area contributed by atoms with E-state index in [9.17, 15) is 13.2 Å². The number of hydrogen-bond acceptors (Lipinski definition) is 7. The van der Waals surface area contributed by atoms with Crippen molar-refractivity contribution in [2.75, 3.05) is 31.1 Å². The van der Waals surface area contributed by atoms with E-state index < -0.39 is 9.84 Å². The van der Waals surface area contributed by atoms with Gasteiger partial charge in [0.05, 0.1) is 33.7 Å². The van der Waals surface area contributed by atoms with E-state index in [4.69, 9.17) is 27.9 Å². The van der Waals surface area contributed by atoms with Crippen molar-refractivity contribution >= 4 is 56.0 Å². The number of thiazole rings is 1. The maximum Gasteiger partial charge on any atom is 0.244 e. The van der Waals surface area contributed by atoms with Gasteiger partial charge < -0.3 is 9.64 Å². The minimum Gasteiger partial charge on any atom is -0.371 e. The van der Waals surface area contributed by atoms with Crippen molar-refractivity contribution in [2.45, 2.75) is 29.2 Å². The van der Waals surface area contributed by atoms with E-state index in [1.165, 1.54) is 11.3 Å². The monoisotopic (exact) mass is 551 g/mol. The average molecular weight is 553 g/mol. The van der Waals surface area contributed by atoms with E-state index in [1.807, 2.05) is 12.1 Å². The van der Waals surface area contributed by atoms with Gasteiger partial charge in [-0.2, -0.15) is 0 Å². The van der Waals surface area contributed by atoms with Crippen LogP contribution in [0.15, 0.2) is 58.9 Å². The van der Waals surface area contributed by atoms with E-state index in [1.54, 1.807) is 46.8 Å². The van der Waals surface area contributed by atoms with Gasteiger partial charge in [0.1, 0.15) is 10.8 Å². The highest BCUT2D eigenvalue weighted by Gasteiger charge is 2.39. The molecule has 0 spiro atoms. The zero-order valence-corrected chi connectivity index (χ0v) is 21.8. The summed E-state index contributed by atoms with van der Waals surface area (Å²) in [6.07, 6.45) is 2.09. The molecule has 3 aromatic rings. The van der Waals surface area contributed by atoms with Crippen LogP contribution in [0.3, 0.4) is 0 Å². The Labute approximate surface area is 218 Å². The number of aromatic nitrogens is 1. The Morgan fingerprint density at radius 1 is 1.09 bits per heavy atom. The minimum atomic E-state index is -3.50. The Bertz CT molecular complexity index is 1320. The first-order valence-electron chi connectivity index (χ1n) is 11.1. The first kappa shape index (κ1) is 24.7. The third kappa shape index (κ3) is 5.26. The summed E-state index contributed by atoms with van der Waals surface area (Å²) in [5, 5.41) is 3.28. The first-order valence-corrected chi connectivity index (χ1v) is 14.4. The summed E-state index contributed by atoms with van der Waals surface area (Å²) in [7, 11) is -3.50. The number of sulfone groups is 1. The van der Waals surface area contributed by atoms with Gasteiger partial charge in [-0.05, 0) is 48.4 Å². The van der Waals surface area contributed by atoms with Gasteiger partial charge in [0.15, 0.2) is 9.84 Å². The van der Waals surface area contributed by atoms with Crippen LogP contribution in [0.1, 0.15) is 23.1 Å². The van der Waals surface area contributed by atoms with Crippen LogP contribution in [-0.2, 0) is 25.1 Å². The molecule has 2 aliphatic heterocycles. The molecule has 0 unspecified atom stereocenters.